The zero-order chi connectivity index (χ0) is 14.6. The number of pyridine rings is 1. The fourth-order valence-corrected chi connectivity index (χ4v) is 2.88. The van der Waals surface area contributed by atoms with E-state index in [4.69, 9.17) is 4.74 Å². The molecule has 1 amide bonds. The zero-order valence-corrected chi connectivity index (χ0v) is 11.9. The summed E-state index contributed by atoms with van der Waals surface area (Å²) in [6, 6.07) is 5.12. The molecular formula is C15H20N2O3. The van der Waals surface area contributed by atoms with Gasteiger partial charge in [-0.05, 0) is 30.9 Å². The van der Waals surface area contributed by atoms with Crippen molar-refractivity contribution in [1.29, 1.82) is 0 Å². The molecule has 5 nitrogen and oxygen atoms in total. The lowest BCUT2D eigenvalue weighted by Gasteiger charge is -2.37. The Hall–Kier alpha value is -1.91. The van der Waals surface area contributed by atoms with Gasteiger partial charge in [-0.2, -0.15) is 0 Å². The maximum Gasteiger partial charge on any atom is 0.331 e. The predicted octanol–water partition coefficient (Wildman–Crippen LogP) is 1.93. The maximum atomic E-state index is 12.3. The molecule has 1 aromatic heterocycles. The molecule has 0 aromatic carbocycles. The first kappa shape index (κ1) is 14.5. The standard InChI is InChI=1S/C15H20N2O3/c1-11-6-5-8-15(10-11,14(19)20-2)17-13(18)12-7-3-4-9-16-12/h3-4,7,9,11H,5-6,8,10H2,1-2H3,(H,17,18)/t11-,15?/m0/s1. The van der Waals surface area contributed by atoms with Gasteiger partial charge in [0.25, 0.3) is 5.91 Å². The van der Waals surface area contributed by atoms with Crippen molar-refractivity contribution in [2.75, 3.05) is 7.11 Å². The van der Waals surface area contributed by atoms with Crippen LogP contribution in [0.3, 0.4) is 0 Å². The van der Waals surface area contributed by atoms with Gasteiger partial charge >= 0.3 is 5.97 Å². The molecule has 2 atom stereocenters. The Labute approximate surface area is 118 Å². The van der Waals surface area contributed by atoms with Crippen LogP contribution in [0.15, 0.2) is 24.4 Å². The molecule has 0 saturated heterocycles. The second kappa shape index (κ2) is 6.03. The summed E-state index contributed by atoms with van der Waals surface area (Å²) in [6.45, 7) is 2.09. The van der Waals surface area contributed by atoms with Crippen LogP contribution < -0.4 is 5.32 Å². The largest absolute Gasteiger partial charge is 0.467 e. The Morgan fingerprint density at radius 3 is 2.85 bits per heavy atom. The maximum absolute atomic E-state index is 12.3. The fourth-order valence-electron chi connectivity index (χ4n) is 2.88. The number of carbonyl (C=O) groups is 2. The first-order valence-corrected chi connectivity index (χ1v) is 6.89. The van der Waals surface area contributed by atoms with E-state index in [-0.39, 0.29) is 11.9 Å². The molecule has 2 rings (SSSR count). The third-order valence-corrected chi connectivity index (χ3v) is 3.82. The lowest BCUT2D eigenvalue weighted by molar-refractivity contribution is -0.150. The molecule has 1 fully saturated rings. The number of esters is 1. The number of hydrogen-bond donors (Lipinski definition) is 1. The quantitative estimate of drug-likeness (QED) is 0.857. The van der Waals surface area contributed by atoms with E-state index in [2.05, 4.69) is 17.2 Å². The van der Waals surface area contributed by atoms with Gasteiger partial charge in [-0.15, -0.1) is 0 Å². The summed E-state index contributed by atoms with van der Waals surface area (Å²) in [5.41, 5.74) is -0.602. The van der Waals surface area contributed by atoms with Crippen LogP contribution in [0.4, 0.5) is 0 Å². The highest BCUT2D eigenvalue weighted by Gasteiger charge is 2.44. The number of nitrogens with zero attached hydrogens (tertiary/aromatic N) is 1. The molecule has 1 saturated carbocycles. The van der Waals surface area contributed by atoms with Crippen LogP contribution >= 0.6 is 0 Å². The first-order valence-electron chi connectivity index (χ1n) is 6.89. The van der Waals surface area contributed by atoms with E-state index in [0.29, 0.717) is 24.5 Å². The molecular weight excluding hydrogens is 256 g/mol. The highest BCUT2D eigenvalue weighted by molar-refractivity contribution is 5.96. The predicted molar refractivity (Wildman–Crippen MR) is 74.1 cm³/mol. The Balaban J connectivity index is 2.20. The Morgan fingerprint density at radius 1 is 1.45 bits per heavy atom. The average molecular weight is 276 g/mol. The normalized spacial score (nSPS) is 25.8. The summed E-state index contributed by atoms with van der Waals surface area (Å²) in [4.78, 5) is 28.4. The molecule has 0 radical (unpaired) electrons. The summed E-state index contributed by atoms with van der Waals surface area (Å²) < 4.78 is 4.90. The van der Waals surface area contributed by atoms with Gasteiger partial charge in [-0.1, -0.05) is 25.8 Å². The lowest BCUT2D eigenvalue weighted by Crippen LogP contribution is -2.57. The zero-order valence-electron chi connectivity index (χ0n) is 11.9. The topological polar surface area (TPSA) is 68.3 Å². The highest BCUT2D eigenvalue weighted by atomic mass is 16.5. The van der Waals surface area contributed by atoms with Crippen molar-refractivity contribution in [2.45, 2.75) is 38.1 Å². The third kappa shape index (κ3) is 2.98. The first-order chi connectivity index (χ1) is 9.57. The van der Waals surface area contributed by atoms with Crippen molar-refractivity contribution < 1.29 is 14.3 Å². The average Bonchev–Trinajstić information content (AvgIpc) is 2.47. The second-order valence-corrected chi connectivity index (χ2v) is 5.44. The van der Waals surface area contributed by atoms with Crippen LogP contribution in [0.25, 0.3) is 0 Å². The Morgan fingerprint density at radius 2 is 2.25 bits per heavy atom. The molecule has 1 aliphatic carbocycles. The van der Waals surface area contributed by atoms with Gasteiger partial charge in [0.15, 0.2) is 0 Å². The highest BCUT2D eigenvalue weighted by Crippen LogP contribution is 2.33. The van der Waals surface area contributed by atoms with Gasteiger partial charge in [0.05, 0.1) is 7.11 Å². The minimum Gasteiger partial charge on any atom is -0.467 e. The number of nitrogens with one attached hydrogen (secondary N) is 1. The number of aromatic nitrogens is 1. The van der Waals surface area contributed by atoms with Crippen molar-refractivity contribution >= 4 is 11.9 Å². The molecule has 0 aliphatic heterocycles. The molecule has 108 valence electrons. The van der Waals surface area contributed by atoms with Crippen LogP contribution in [0.5, 0.6) is 0 Å². The lowest BCUT2D eigenvalue weighted by atomic mass is 9.76. The molecule has 1 heterocycles. The van der Waals surface area contributed by atoms with Crippen molar-refractivity contribution in [2.24, 2.45) is 5.92 Å². The molecule has 0 bridgehead atoms. The van der Waals surface area contributed by atoms with Crippen molar-refractivity contribution in [3.63, 3.8) is 0 Å². The van der Waals surface area contributed by atoms with Gasteiger partial charge in [-0.25, -0.2) is 4.79 Å². The van der Waals surface area contributed by atoms with Crippen molar-refractivity contribution in [1.82, 2.24) is 10.3 Å². The minimum absolute atomic E-state index is 0.314. The van der Waals surface area contributed by atoms with Gasteiger partial charge in [-0.3, -0.25) is 9.78 Å². The minimum atomic E-state index is -0.916. The van der Waals surface area contributed by atoms with E-state index in [1.54, 1.807) is 24.4 Å². The number of carbonyl (C=O) groups excluding carboxylic acids is 2. The van der Waals surface area contributed by atoms with E-state index in [9.17, 15) is 9.59 Å². The molecule has 1 unspecified atom stereocenters. The molecule has 1 N–H and O–H groups in total. The van der Waals surface area contributed by atoms with Crippen LogP contribution in [0.2, 0.25) is 0 Å². The smallest absolute Gasteiger partial charge is 0.331 e. The summed E-state index contributed by atoms with van der Waals surface area (Å²) >= 11 is 0. The van der Waals surface area contributed by atoms with Gasteiger partial charge < -0.3 is 10.1 Å². The summed E-state index contributed by atoms with van der Waals surface area (Å²) in [5, 5.41) is 2.85. The Bertz CT molecular complexity index is 489. The van der Waals surface area contributed by atoms with Crippen molar-refractivity contribution in [3.8, 4) is 0 Å². The molecule has 1 aliphatic rings. The van der Waals surface area contributed by atoms with E-state index in [1.807, 2.05) is 0 Å². The number of methoxy groups -OCH3 is 1. The van der Waals surface area contributed by atoms with Crippen LogP contribution in [-0.4, -0.2) is 29.5 Å². The molecule has 0 spiro atoms. The second-order valence-electron chi connectivity index (χ2n) is 5.44. The number of rotatable bonds is 3. The summed E-state index contributed by atoms with van der Waals surface area (Å²) in [5.74, 6) is -0.315. The number of ether oxygens (including phenoxy) is 1. The van der Waals surface area contributed by atoms with Gasteiger partial charge in [0.1, 0.15) is 11.2 Å². The molecule has 5 heteroatoms. The number of hydrogen-bond acceptors (Lipinski definition) is 4. The number of amides is 1. The summed E-state index contributed by atoms with van der Waals surface area (Å²) in [7, 11) is 1.36. The van der Waals surface area contributed by atoms with E-state index in [1.165, 1.54) is 7.11 Å². The van der Waals surface area contributed by atoms with Crippen LogP contribution in [0.1, 0.15) is 43.1 Å². The van der Waals surface area contributed by atoms with Gasteiger partial charge in [0, 0.05) is 6.20 Å². The Kier molecular flexibility index (Phi) is 4.37. The SMILES string of the molecule is COC(=O)C1(NC(=O)c2ccccn2)CCC[C@H](C)C1. The molecule has 20 heavy (non-hydrogen) atoms. The van der Waals surface area contributed by atoms with Crippen LogP contribution in [0, 0.1) is 5.92 Å². The third-order valence-electron chi connectivity index (χ3n) is 3.82. The summed E-state index contributed by atoms with van der Waals surface area (Å²) in [6.07, 6.45) is 4.75. The monoisotopic (exact) mass is 276 g/mol. The fraction of sp³-hybridized carbons (Fsp3) is 0.533. The van der Waals surface area contributed by atoms with E-state index in [0.717, 1.165) is 12.8 Å². The molecule has 1 aromatic rings. The van der Waals surface area contributed by atoms with Crippen LogP contribution in [-0.2, 0) is 9.53 Å². The van der Waals surface area contributed by atoms with E-state index >= 15 is 0 Å². The van der Waals surface area contributed by atoms with Gasteiger partial charge in [0.2, 0.25) is 0 Å². The van der Waals surface area contributed by atoms with E-state index < -0.39 is 5.54 Å². The van der Waals surface area contributed by atoms with Crippen molar-refractivity contribution in [3.05, 3.63) is 30.1 Å².